The van der Waals surface area contributed by atoms with Crippen molar-refractivity contribution in [3.8, 4) is 11.1 Å². The molecule has 0 spiro atoms. The summed E-state index contributed by atoms with van der Waals surface area (Å²) in [6.07, 6.45) is 0. The normalized spacial score (nSPS) is 12.1. The Bertz CT molecular complexity index is 806. The average Bonchev–Trinajstić information content (AvgIpc) is 2.52. The van der Waals surface area contributed by atoms with Crippen LogP contribution in [0.5, 0.6) is 0 Å². The quantitative estimate of drug-likeness (QED) is 0.816. The van der Waals surface area contributed by atoms with E-state index in [-0.39, 0.29) is 11.1 Å². The van der Waals surface area contributed by atoms with Crippen LogP contribution in [-0.4, -0.2) is 33.0 Å². The highest BCUT2D eigenvalue weighted by Gasteiger charge is 2.36. The van der Waals surface area contributed by atoms with Crippen LogP contribution in [0, 0.1) is 6.92 Å². The highest BCUT2D eigenvalue weighted by Crippen LogP contribution is 2.33. The van der Waals surface area contributed by atoms with Crippen LogP contribution < -0.4 is 0 Å². The molecule has 0 saturated carbocycles. The fraction of sp³-hybridized carbons (Fsp3) is 0.333. The minimum Gasteiger partial charge on any atom is -0.382 e. The molecule has 0 unspecified atom stereocenters. The molecule has 2 aromatic rings. The number of hydrogen-bond donors (Lipinski definition) is 2. The van der Waals surface area contributed by atoms with Crippen LogP contribution in [0.2, 0.25) is 0 Å². The van der Waals surface area contributed by atoms with E-state index in [0.717, 1.165) is 5.56 Å². The SMILES string of the molecule is Cc1ccc(-c2ccccc2)c(C(=O)C(C)(C)O)c1C(=O)C(C)(C)O. The summed E-state index contributed by atoms with van der Waals surface area (Å²) >= 11 is 0. The number of Topliss-reactive ketones (excluding diaryl/α,β-unsaturated/α-hetero) is 2. The third-order valence-corrected chi connectivity index (χ3v) is 4.06. The van der Waals surface area contributed by atoms with Crippen molar-refractivity contribution in [1.82, 2.24) is 0 Å². The van der Waals surface area contributed by atoms with Gasteiger partial charge in [-0.2, -0.15) is 0 Å². The van der Waals surface area contributed by atoms with Gasteiger partial charge in [0, 0.05) is 11.1 Å². The summed E-state index contributed by atoms with van der Waals surface area (Å²) in [5, 5.41) is 20.5. The second kappa shape index (κ2) is 6.54. The van der Waals surface area contributed by atoms with Gasteiger partial charge in [0.2, 0.25) is 0 Å². The van der Waals surface area contributed by atoms with Gasteiger partial charge in [0.25, 0.3) is 0 Å². The maximum absolute atomic E-state index is 13.0. The lowest BCUT2D eigenvalue weighted by Gasteiger charge is -2.25. The second-order valence-corrected chi connectivity index (χ2v) is 7.32. The van der Waals surface area contributed by atoms with E-state index in [1.807, 2.05) is 30.3 Å². The smallest absolute Gasteiger partial charge is 0.195 e. The predicted molar refractivity (Wildman–Crippen MR) is 97.9 cm³/mol. The summed E-state index contributed by atoms with van der Waals surface area (Å²) in [6.45, 7) is 7.29. The van der Waals surface area contributed by atoms with E-state index in [0.29, 0.717) is 11.1 Å². The molecule has 25 heavy (non-hydrogen) atoms. The van der Waals surface area contributed by atoms with Crippen molar-refractivity contribution >= 4 is 11.6 Å². The molecule has 2 aromatic carbocycles. The number of rotatable bonds is 5. The average molecular weight is 340 g/mol. The molecule has 0 radical (unpaired) electrons. The van der Waals surface area contributed by atoms with Crippen molar-refractivity contribution < 1.29 is 19.8 Å². The van der Waals surface area contributed by atoms with Crippen molar-refractivity contribution in [1.29, 1.82) is 0 Å². The molecule has 0 aromatic heterocycles. The molecule has 0 amide bonds. The van der Waals surface area contributed by atoms with Gasteiger partial charge in [0.15, 0.2) is 11.6 Å². The Balaban J connectivity index is 2.88. The zero-order valence-electron chi connectivity index (χ0n) is 15.3. The third-order valence-electron chi connectivity index (χ3n) is 4.06. The van der Waals surface area contributed by atoms with E-state index < -0.39 is 22.8 Å². The van der Waals surface area contributed by atoms with E-state index in [9.17, 15) is 19.8 Å². The molecule has 4 nitrogen and oxygen atoms in total. The number of carbonyl (C=O) groups is 2. The lowest BCUT2D eigenvalue weighted by atomic mass is 9.81. The molecule has 0 heterocycles. The molecule has 0 aliphatic rings. The number of hydrogen-bond acceptors (Lipinski definition) is 4. The number of benzene rings is 2. The first-order valence-electron chi connectivity index (χ1n) is 8.18. The highest BCUT2D eigenvalue weighted by molar-refractivity contribution is 6.17. The molecular weight excluding hydrogens is 316 g/mol. The fourth-order valence-corrected chi connectivity index (χ4v) is 2.71. The summed E-state index contributed by atoms with van der Waals surface area (Å²) in [5.74, 6) is -1.10. The lowest BCUT2D eigenvalue weighted by Crippen LogP contribution is -2.37. The number of carbonyl (C=O) groups excluding carboxylic acids is 2. The largest absolute Gasteiger partial charge is 0.382 e. The first kappa shape index (κ1) is 19.0. The number of aliphatic hydroxyl groups is 2. The maximum Gasteiger partial charge on any atom is 0.195 e. The molecule has 2 rings (SSSR count). The highest BCUT2D eigenvalue weighted by atomic mass is 16.3. The van der Waals surface area contributed by atoms with E-state index in [4.69, 9.17) is 0 Å². The summed E-state index contributed by atoms with van der Waals surface area (Å²) in [7, 11) is 0. The van der Waals surface area contributed by atoms with Crippen LogP contribution in [0.3, 0.4) is 0 Å². The molecule has 0 bridgehead atoms. The zero-order valence-corrected chi connectivity index (χ0v) is 15.3. The van der Waals surface area contributed by atoms with Gasteiger partial charge in [-0.3, -0.25) is 9.59 Å². The first-order valence-corrected chi connectivity index (χ1v) is 8.18. The maximum atomic E-state index is 13.0. The van der Waals surface area contributed by atoms with Gasteiger partial charge in [-0.25, -0.2) is 0 Å². The molecule has 0 fully saturated rings. The Morgan fingerprint density at radius 1 is 0.760 bits per heavy atom. The van der Waals surface area contributed by atoms with Gasteiger partial charge in [-0.05, 0) is 51.3 Å². The molecule has 0 aliphatic heterocycles. The van der Waals surface area contributed by atoms with Crippen molar-refractivity contribution in [2.75, 3.05) is 0 Å². The minimum atomic E-state index is -1.65. The topological polar surface area (TPSA) is 74.6 Å². The molecule has 4 heteroatoms. The van der Waals surface area contributed by atoms with Crippen molar-refractivity contribution in [3.63, 3.8) is 0 Å². The molecule has 0 saturated heterocycles. The van der Waals surface area contributed by atoms with Gasteiger partial charge < -0.3 is 10.2 Å². The molecule has 0 aliphatic carbocycles. The Morgan fingerprint density at radius 2 is 1.24 bits per heavy atom. The van der Waals surface area contributed by atoms with E-state index >= 15 is 0 Å². The predicted octanol–water partition coefficient (Wildman–Crippen LogP) is 3.57. The summed E-state index contributed by atoms with van der Waals surface area (Å²) in [5.41, 5.74) is -1.07. The van der Waals surface area contributed by atoms with Crippen LogP contribution in [0.1, 0.15) is 54.0 Å². The molecule has 0 atom stereocenters. The van der Waals surface area contributed by atoms with Crippen molar-refractivity contribution in [2.24, 2.45) is 0 Å². The van der Waals surface area contributed by atoms with Crippen molar-refractivity contribution in [3.05, 3.63) is 59.2 Å². The van der Waals surface area contributed by atoms with Crippen LogP contribution in [0.25, 0.3) is 11.1 Å². The fourth-order valence-electron chi connectivity index (χ4n) is 2.71. The third kappa shape index (κ3) is 3.86. The van der Waals surface area contributed by atoms with Crippen LogP contribution in [0.4, 0.5) is 0 Å². The van der Waals surface area contributed by atoms with Gasteiger partial charge in [0.05, 0.1) is 0 Å². The van der Waals surface area contributed by atoms with Crippen LogP contribution in [-0.2, 0) is 0 Å². The van der Waals surface area contributed by atoms with E-state index in [1.54, 1.807) is 19.1 Å². The lowest BCUT2D eigenvalue weighted by molar-refractivity contribution is 0.0456. The first-order chi connectivity index (χ1) is 11.4. The summed E-state index contributed by atoms with van der Waals surface area (Å²) in [6, 6.07) is 12.7. The van der Waals surface area contributed by atoms with Gasteiger partial charge in [-0.1, -0.05) is 42.5 Å². The van der Waals surface area contributed by atoms with Crippen LogP contribution in [0.15, 0.2) is 42.5 Å². The summed E-state index contributed by atoms with van der Waals surface area (Å²) in [4.78, 5) is 25.8. The Hall–Kier alpha value is -2.30. The molecule has 2 N–H and O–H groups in total. The molecular formula is C21H24O4. The Labute approximate surface area is 148 Å². The molecule has 132 valence electrons. The van der Waals surface area contributed by atoms with Gasteiger partial charge in [0.1, 0.15) is 11.2 Å². The monoisotopic (exact) mass is 340 g/mol. The Morgan fingerprint density at radius 3 is 1.72 bits per heavy atom. The Kier molecular flexibility index (Phi) is 4.98. The second-order valence-electron chi connectivity index (χ2n) is 7.32. The number of ketones is 2. The van der Waals surface area contributed by atoms with E-state index in [2.05, 4.69) is 0 Å². The number of aryl methyl sites for hydroxylation is 1. The summed E-state index contributed by atoms with van der Waals surface area (Å²) < 4.78 is 0. The van der Waals surface area contributed by atoms with Gasteiger partial charge in [-0.15, -0.1) is 0 Å². The van der Waals surface area contributed by atoms with Crippen molar-refractivity contribution in [2.45, 2.75) is 45.8 Å². The zero-order chi connectivity index (χ0) is 19.0. The minimum absolute atomic E-state index is 0.144. The standard InChI is InChI=1S/C21H24O4/c1-13-11-12-15(14-9-7-6-8-10-14)17(19(23)21(4,5)25)16(13)18(22)20(2,3)24/h6-12,24-25H,1-5H3. The van der Waals surface area contributed by atoms with Gasteiger partial charge >= 0.3 is 0 Å². The van der Waals surface area contributed by atoms with E-state index in [1.165, 1.54) is 27.7 Å². The van der Waals surface area contributed by atoms with Crippen LogP contribution >= 0.6 is 0 Å².